The summed E-state index contributed by atoms with van der Waals surface area (Å²) in [6.07, 6.45) is -0.619. The number of nitrogens with zero attached hydrogens (tertiary/aromatic N) is 12. The lowest BCUT2D eigenvalue weighted by Gasteiger charge is -2.05. The van der Waals surface area contributed by atoms with Crippen LogP contribution in [0.5, 0.6) is 0 Å². The van der Waals surface area contributed by atoms with E-state index in [2.05, 4.69) is 51.3 Å². The molecule has 160 valence electrons. The first-order chi connectivity index (χ1) is 16.7. The molecule has 0 radical (unpaired) electrons. The Balaban J connectivity index is 0.000000118. The second kappa shape index (κ2) is 6.61. The molecule has 0 saturated carbocycles. The van der Waals surface area contributed by atoms with Gasteiger partial charge in [0.25, 0.3) is 5.78 Å². The fraction of sp³-hybridized carbons (Fsp3) is 0.0500. The summed E-state index contributed by atoms with van der Waals surface area (Å²) < 4.78 is 1.16. The number of aliphatic imine (C=N–C) groups is 1. The molecule has 2 aliphatic carbocycles. The van der Waals surface area contributed by atoms with E-state index in [-0.39, 0.29) is 17.3 Å². The van der Waals surface area contributed by atoms with Gasteiger partial charge in [0.15, 0.2) is 10.9 Å². The molecular formula is C20H9N12O2+. The summed E-state index contributed by atoms with van der Waals surface area (Å²) in [6.45, 7) is 0. The maximum absolute atomic E-state index is 12.1. The van der Waals surface area contributed by atoms with Crippen LogP contribution in [0.25, 0.3) is 17.0 Å². The Hall–Kier alpha value is -5.27. The molecule has 0 fully saturated rings. The van der Waals surface area contributed by atoms with Crippen LogP contribution in [0.1, 0.15) is 32.0 Å². The summed E-state index contributed by atoms with van der Waals surface area (Å²) in [5.41, 5.74) is 4.56. The molecule has 2 aromatic carbocycles. The number of tetrazole rings is 1. The van der Waals surface area contributed by atoms with Crippen LogP contribution in [0.15, 0.2) is 74.2 Å². The highest BCUT2D eigenvalue weighted by atomic mass is 16.1. The van der Waals surface area contributed by atoms with Gasteiger partial charge in [-0.25, -0.2) is 9.98 Å². The second-order valence-corrected chi connectivity index (χ2v) is 7.41. The number of carbonyl (C=O) groups excluding carboxylic acids is 2. The largest absolute Gasteiger partial charge is 0.374 e. The monoisotopic (exact) mass is 449 g/mol. The molecule has 4 aliphatic rings. The van der Waals surface area contributed by atoms with Crippen molar-refractivity contribution in [1.82, 2.24) is 30.2 Å². The van der Waals surface area contributed by atoms with Gasteiger partial charge in [0.2, 0.25) is 16.8 Å². The predicted octanol–water partition coefficient (Wildman–Crippen LogP) is 1.30. The van der Waals surface area contributed by atoms with Crippen molar-refractivity contribution in [2.45, 2.75) is 6.29 Å². The highest BCUT2D eigenvalue weighted by molar-refractivity contribution is 6.78. The quantitative estimate of drug-likeness (QED) is 0.321. The van der Waals surface area contributed by atoms with Gasteiger partial charge in [-0.15, -0.1) is 5.10 Å². The van der Waals surface area contributed by atoms with Gasteiger partial charge in [-0.05, 0) is 10.4 Å². The van der Waals surface area contributed by atoms with Crippen LogP contribution >= 0.6 is 0 Å². The van der Waals surface area contributed by atoms with E-state index in [0.29, 0.717) is 33.9 Å². The fourth-order valence-corrected chi connectivity index (χ4v) is 4.00. The van der Waals surface area contributed by atoms with E-state index in [9.17, 15) is 9.59 Å². The Kier molecular flexibility index (Phi) is 3.56. The summed E-state index contributed by atoms with van der Waals surface area (Å²) in [5.74, 6) is 0.0369. The van der Waals surface area contributed by atoms with Gasteiger partial charge < -0.3 is 0 Å². The van der Waals surface area contributed by atoms with Crippen molar-refractivity contribution in [3.63, 3.8) is 0 Å². The van der Waals surface area contributed by atoms with Crippen molar-refractivity contribution in [2.24, 2.45) is 25.7 Å². The number of hydrazone groups is 1. The number of Topliss-reactive ketones (excluding diaryl/α,β-unsaturated/α-hetero) is 1. The second-order valence-electron chi connectivity index (χ2n) is 7.41. The molecule has 2 aromatic heterocycles. The molecule has 14 heteroatoms. The van der Waals surface area contributed by atoms with Crippen LogP contribution in [-0.2, 0) is 0 Å². The van der Waals surface area contributed by atoms with E-state index in [1.54, 1.807) is 12.1 Å². The van der Waals surface area contributed by atoms with Gasteiger partial charge in [0, 0.05) is 32.2 Å². The van der Waals surface area contributed by atoms with Gasteiger partial charge in [0.1, 0.15) is 17.1 Å². The Morgan fingerprint density at radius 2 is 1.56 bits per heavy atom. The van der Waals surface area contributed by atoms with Crippen LogP contribution in [0.4, 0.5) is 0 Å². The minimum absolute atomic E-state index is 0.110. The van der Waals surface area contributed by atoms with E-state index in [4.69, 9.17) is 0 Å². The third kappa shape index (κ3) is 2.46. The number of fused-ring (bicyclic) bond motifs is 8. The summed E-state index contributed by atoms with van der Waals surface area (Å²) in [6, 6.07) is 14.6. The molecule has 0 amide bonds. The minimum Gasteiger partial charge on any atom is -0.287 e. The summed E-state index contributed by atoms with van der Waals surface area (Å²) >= 11 is 0. The number of benzene rings is 2. The summed E-state index contributed by atoms with van der Waals surface area (Å²) in [7, 11) is 0. The van der Waals surface area contributed by atoms with Crippen LogP contribution in [0.3, 0.4) is 0 Å². The molecular weight excluding hydrogens is 440 g/mol. The molecule has 0 spiro atoms. The van der Waals surface area contributed by atoms with Crippen molar-refractivity contribution in [3.05, 3.63) is 70.9 Å². The third-order valence-electron chi connectivity index (χ3n) is 5.52. The van der Waals surface area contributed by atoms with E-state index >= 15 is 0 Å². The lowest BCUT2D eigenvalue weighted by molar-refractivity contribution is -0.623. The Bertz CT molecular complexity index is 1710. The first kappa shape index (κ1) is 18.3. The molecule has 0 saturated heterocycles. The Labute approximate surface area is 188 Å². The average molecular weight is 449 g/mol. The van der Waals surface area contributed by atoms with Gasteiger partial charge >= 0.3 is 6.29 Å². The lowest BCUT2D eigenvalue weighted by Crippen LogP contribution is -2.28. The van der Waals surface area contributed by atoms with E-state index in [1.807, 2.05) is 36.4 Å². The number of ketones is 2. The third-order valence-corrected chi connectivity index (χ3v) is 5.52. The van der Waals surface area contributed by atoms with Gasteiger partial charge in [0.05, 0.1) is 0 Å². The molecule has 4 heterocycles. The van der Waals surface area contributed by atoms with Gasteiger partial charge in [-0.2, -0.15) is 0 Å². The molecule has 34 heavy (non-hydrogen) atoms. The molecule has 0 bridgehead atoms. The van der Waals surface area contributed by atoms with Gasteiger partial charge in [-0.3, -0.25) is 9.59 Å². The minimum atomic E-state index is -0.619. The highest BCUT2D eigenvalue weighted by Crippen LogP contribution is 2.33. The number of hydrogen-bond acceptors (Lipinski definition) is 12. The van der Waals surface area contributed by atoms with Crippen LogP contribution < -0.4 is 0 Å². The molecule has 0 N–H and O–H groups in total. The SMILES string of the molecule is O=C1C2=NC3N=NN=[N+]3N=C2c2ccccc21.O=C1c2ccccc2-c2nc3nnnn3nc21. The topological polar surface area (TPSA) is 168 Å². The normalized spacial score (nSPS) is 18.2. The molecule has 1 atom stereocenters. The highest BCUT2D eigenvalue weighted by Gasteiger charge is 2.41. The van der Waals surface area contributed by atoms with Crippen LogP contribution in [0, 0.1) is 0 Å². The average Bonchev–Trinajstić information content (AvgIpc) is 3.64. The van der Waals surface area contributed by atoms with Crippen molar-refractivity contribution >= 4 is 28.8 Å². The van der Waals surface area contributed by atoms with Crippen LogP contribution in [-0.4, -0.2) is 64.3 Å². The number of aromatic nitrogens is 6. The van der Waals surface area contributed by atoms with Crippen molar-refractivity contribution < 1.29 is 14.4 Å². The van der Waals surface area contributed by atoms with Crippen molar-refractivity contribution in [3.8, 4) is 11.3 Å². The zero-order valence-electron chi connectivity index (χ0n) is 16.9. The summed E-state index contributed by atoms with van der Waals surface area (Å²) in [4.78, 5) is 33.9. The van der Waals surface area contributed by atoms with Crippen molar-refractivity contribution in [1.29, 1.82) is 0 Å². The predicted molar refractivity (Wildman–Crippen MR) is 111 cm³/mol. The fourth-order valence-electron chi connectivity index (χ4n) is 4.00. The molecule has 1 unspecified atom stereocenters. The first-order valence-corrected chi connectivity index (χ1v) is 10.0. The maximum Gasteiger partial charge on any atom is 0.374 e. The van der Waals surface area contributed by atoms with Crippen molar-refractivity contribution in [2.75, 3.05) is 0 Å². The summed E-state index contributed by atoms with van der Waals surface area (Å²) in [5, 5.41) is 30.0. The molecule has 8 rings (SSSR count). The Morgan fingerprint density at radius 1 is 0.824 bits per heavy atom. The Morgan fingerprint density at radius 3 is 2.38 bits per heavy atom. The molecule has 4 aromatic rings. The van der Waals surface area contributed by atoms with Gasteiger partial charge in [-0.1, -0.05) is 63.4 Å². The standard InChI is InChI=1S/C10H5N6O.C10H4N6O/c17-9-6-4-2-1-3-5(6)7-8(9)11-10-12-14-15-16(10)13-7;17-9-6-4-2-1-3-5(6)7-8(9)13-16-10(11-7)12-14-15-16/h1-4,10H;1-4H/q+1;. The van der Waals surface area contributed by atoms with E-state index < -0.39 is 6.29 Å². The van der Waals surface area contributed by atoms with Crippen LogP contribution in [0.2, 0.25) is 0 Å². The zero-order valence-corrected chi connectivity index (χ0v) is 16.9. The zero-order chi connectivity index (χ0) is 22.8. The number of hydrogen-bond donors (Lipinski definition) is 0. The maximum atomic E-state index is 12.1. The number of carbonyl (C=O) groups is 2. The van der Waals surface area contributed by atoms with E-state index in [0.717, 1.165) is 15.8 Å². The smallest absolute Gasteiger partial charge is 0.287 e. The molecule has 2 aliphatic heterocycles. The molecule has 14 nitrogen and oxygen atoms in total. The lowest BCUT2D eigenvalue weighted by atomic mass is 10.1. The first-order valence-electron chi connectivity index (χ1n) is 10.0. The van der Waals surface area contributed by atoms with E-state index in [1.165, 1.54) is 4.81 Å². The number of rotatable bonds is 0.